The number of fused-ring (bicyclic) bond motifs is 4. The predicted octanol–water partition coefficient (Wildman–Crippen LogP) is 1.08. The van der Waals surface area contributed by atoms with E-state index in [1.54, 1.807) is 7.11 Å². The molecule has 3 aliphatic rings. The van der Waals surface area contributed by atoms with Crippen molar-refractivity contribution in [3.05, 3.63) is 53.2 Å². The fraction of sp³-hybridized carbons (Fsp3) is 0.444. The van der Waals surface area contributed by atoms with E-state index in [4.69, 9.17) is 20.4 Å². The summed E-state index contributed by atoms with van der Waals surface area (Å²) in [5.74, 6) is 1.02. The van der Waals surface area contributed by atoms with Crippen LogP contribution >= 0.6 is 0 Å². The maximum absolute atomic E-state index is 9.62. The van der Waals surface area contributed by atoms with E-state index in [9.17, 15) is 5.26 Å². The van der Waals surface area contributed by atoms with Crippen molar-refractivity contribution in [1.82, 2.24) is 14.9 Å². The molecule has 0 radical (unpaired) electrons. The lowest BCUT2D eigenvalue weighted by Gasteiger charge is -2.43. The molecule has 0 amide bonds. The molecule has 36 heavy (non-hydrogen) atoms. The summed E-state index contributed by atoms with van der Waals surface area (Å²) < 4.78 is 5.53. The third kappa shape index (κ3) is 3.81. The minimum absolute atomic E-state index is 0.000706. The van der Waals surface area contributed by atoms with E-state index >= 15 is 0 Å². The number of hydrogen-bond acceptors (Lipinski definition) is 8. The van der Waals surface area contributed by atoms with Crippen LogP contribution < -0.4 is 21.1 Å². The van der Waals surface area contributed by atoms with Crippen molar-refractivity contribution in [2.45, 2.75) is 44.1 Å². The third-order valence-electron chi connectivity index (χ3n) is 8.18. The number of benzene rings is 1. The Hall–Kier alpha value is -3.19. The van der Waals surface area contributed by atoms with Crippen molar-refractivity contribution in [2.24, 2.45) is 5.73 Å². The summed E-state index contributed by atoms with van der Waals surface area (Å²) in [7, 11) is 3.71. The molecule has 0 bridgehead atoms. The van der Waals surface area contributed by atoms with Crippen molar-refractivity contribution >= 4 is 35.8 Å². The van der Waals surface area contributed by atoms with Gasteiger partial charge in [0.1, 0.15) is 11.9 Å². The second kappa shape index (κ2) is 9.04. The largest absolute Gasteiger partial charge is 0.380 e. The van der Waals surface area contributed by atoms with Gasteiger partial charge >= 0.3 is 0 Å². The molecule has 2 aromatic heterocycles. The highest BCUT2D eigenvalue weighted by molar-refractivity contribution is 6.31. The zero-order valence-corrected chi connectivity index (χ0v) is 21.2. The minimum Gasteiger partial charge on any atom is -0.380 e. The maximum atomic E-state index is 9.62. The lowest BCUT2D eigenvalue weighted by molar-refractivity contribution is 0.0663. The van der Waals surface area contributed by atoms with Crippen molar-refractivity contribution in [2.75, 3.05) is 43.1 Å². The van der Waals surface area contributed by atoms with Crippen LogP contribution in [0, 0.1) is 11.3 Å². The van der Waals surface area contributed by atoms with Gasteiger partial charge in [-0.3, -0.25) is 9.88 Å². The smallest absolute Gasteiger partial charge is 0.163 e. The van der Waals surface area contributed by atoms with Crippen LogP contribution in [-0.2, 0) is 11.3 Å². The average Bonchev–Trinajstić information content (AvgIpc) is 3.26. The molecule has 3 aliphatic heterocycles. The second-order valence-corrected chi connectivity index (χ2v) is 10.4. The number of piperidine rings is 1. The van der Waals surface area contributed by atoms with Gasteiger partial charge in [0.05, 0.1) is 28.9 Å². The number of ether oxygens (including phenoxy) is 1. The lowest BCUT2D eigenvalue weighted by Crippen LogP contribution is -2.52. The molecule has 6 rings (SSSR count). The van der Waals surface area contributed by atoms with E-state index in [0.29, 0.717) is 11.6 Å². The zero-order valence-electron chi connectivity index (χ0n) is 21.2. The van der Waals surface area contributed by atoms with E-state index < -0.39 is 0 Å². The highest BCUT2D eigenvalue weighted by atomic mass is 16.5. The summed E-state index contributed by atoms with van der Waals surface area (Å²) in [5.41, 5.74) is 12.3. The molecule has 3 aromatic rings. The van der Waals surface area contributed by atoms with E-state index in [-0.39, 0.29) is 18.2 Å². The fourth-order valence-corrected chi connectivity index (χ4v) is 6.27. The maximum Gasteiger partial charge on any atom is 0.163 e. The van der Waals surface area contributed by atoms with Gasteiger partial charge in [0.2, 0.25) is 0 Å². The molecule has 2 fully saturated rings. The number of pyridine rings is 2. The van der Waals surface area contributed by atoms with Crippen molar-refractivity contribution in [3.63, 3.8) is 0 Å². The zero-order chi connectivity index (χ0) is 25.0. The first kappa shape index (κ1) is 23.2. The van der Waals surface area contributed by atoms with Gasteiger partial charge in [-0.1, -0.05) is 12.1 Å². The normalized spacial score (nSPS) is 26.1. The monoisotopic (exact) mass is 481 g/mol. The van der Waals surface area contributed by atoms with Crippen LogP contribution in [0.2, 0.25) is 0 Å². The summed E-state index contributed by atoms with van der Waals surface area (Å²) in [6.07, 6.45) is 1.04. The van der Waals surface area contributed by atoms with E-state index in [1.165, 1.54) is 11.3 Å². The summed E-state index contributed by atoms with van der Waals surface area (Å²) in [6, 6.07) is 15.5. The number of aromatic nitrogens is 2. The summed E-state index contributed by atoms with van der Waals surface area (Å²) in [6.45, 7) is 6.66. The van der Waals surface area contributed by atoms with Crippen molar-refractivity contribution < 1.29 is 4.74 Å². The molecule has 184 valence electrons. The number of nitriles is 1. The molecule has 0 saturated carbocycles. The topological polar surface area (TPSA) is 94.5 Å². The Kier molecular flexibility index (Phi) is 5.83. The van der Waals surface area contributed by atoms with Crippen LogP contribution in [0.3, 0.4) is 0 Å². The van der Waals surface area contributed by atoms with Gasteiger partial charge in [-0.05, 0) is 48.8 Å². The highest BCUT2D eigenvalue weighted by Crippen LogP contribution is 2.41. The molecule has 5 heterocycles. The molecule has 4 atom stereocenters. The first-order chi connectivity index (χ1) is 17.5. The first-order valence-electron chi connectivity index (χ1n) is 12.8. The van der Waals surface area contributed by atoms with Gasteiger partial charge in [-0.25, -0.2) is 4.98 Å². The van der Waals surface area contributed by atoms with Gasteiger partial charge in [-0.15, -0.1) is 0 Å². The Morgan fingerprint density at radius 2 is 1.94 bits per heavy atom. The molecule has 0 spiro atoms. The van der Waals surface area contributed by atoms with Crippen molar-refractivity contribution in [3.8, 4) is 6.07 Å². The Balaban J connectivity index is 1.29. The summed E-state index contributed by atoms with van der Waals surface area (Å²) in [5, 5.41) is 10.7. The van der Waals surface area contributed by atoms with Crippen LogP contribution in [-0.4, -0.2) is 74.2 Å². The van der Waals surface area contributed by atoms with Crippen molar-refractivity contribution in [1.29, 1.82) is 5.26 Å². The summed E-state index contributed by atoms with van der Waals surface area (Å²) in [4.78, 5) is 17.2. The minimum atomic E-state index is -0.000706. The SMILES string of the molecule is Bc1ccc2c(N3C[C@@H](C)N4Cc5nc(N6CC[C@@H](OC)[C@H](N)C6)ccc5[C@H]4C3)ccc(C#N)c2n1. The Bertz CT molecular complexity index is 1360. The van der Waals surface area contributed by atoms with Gasteiger partial charge in [0, 0.05) is 63.0 Å². The first-order valence-corrected chi connectivity index (χ1v) is 12.8. The number of rotatable bonds is 3. The number of methoxy groups -OCH3 is 1. The van der Waals surface area contributed by atoms with Gasteiger partial charge in [-0.2, -0.15) is 5.26 Å². The van der Waals surface area contributed by atoms with Crippen LogP contribution in [0.1, 0.15) is 36.2 Å². The Morgan fingerprint density at radius 3 is 2.72 bits per heavy atom. The molecule has 2 N–H and O–H groups in total. The standard InChI is InChI=1S/C27H32BN7O/c1-16-12-34(22-6-3-17(11-29)27-19(22)4-7-25(28)32-27)15-23-18-5-8-26(31-21(18)14-35(16)23)33-10-9-24(36-2)20(30)13-33/h3-8,16,20,23-24H,9-10,12-15,28,30H2,1-2H3/t16-,20-,23-,24-/m1/s1. The van der Waals surface area contributed by atoms with Crippen LogP contribution in [0.5, 0.6) is 0 Å². The number of hydrogen-bond donors (Lipinski definition) is 1. The van der Waals surface area contributed by atoms with Crippen LogP contribution in [0.15, 0.2) is 36.4 Å². The number of piperazine rings is 1. The molecule has 0 aliphatic carbocycles. The van der Waals surface area contributed by atoms with Gasteiger partial charge in [0.25, 0.3) is 0 Å². The molecule has 8 nitrogen and oxygen atoms in total. The molecule has 9 heteroatoms. The Morgan fingerprint density at radius 1 is 1.08 bits per heavy atom. The molecule has 0 unspecified atom stereocenters. The second-order valence-electron chi connectivity index (χ2n) is 10.4. The molecule has 1 aromatic carbocycles. The van der Waals surface area contributed by atoms with Crippen LogP contribution in [0.25, 0.3) is 10.9 Å². The van der Waals surface area contributed by atoms with E-state index in [0.717, 1.165) is 67.1 Å². The van der Waals surface area contributed by atoms with E-state index in [1.807, 2.05) is 20.0 Å². The number of anilines is 2. The van der Waals surface area contributed by atoms with Crippen LogP contribution in [0.4, 0.5) is 11.5 Å². The van der Waals surface area contributed by atoms with E-state index in [2.05, 4.69) is 52.0 Å². The lowest BCUT2D eigenvalue weighted by atomic mass is 9.98. The van der Waals surface area contributed by atoms with Gasteiger partial charge < -0.3 is 20.3 Å². The molecule has 2 saturated heterocycles. The van der Waals surface area contributed by atoms with Gasteiger partial charge in [0.15, 0.2) is 7.85 Å². The Labute approximate surface area is 213 Å². The summed E-state index contributed by atoms with van der Waals surface area (Å²) >= 11 is 0. The number of nitrogens with zero attached hydrogens (tertiary/aromatic N) is 6. The predicted molar refractivity (Wildman–Crippen MR) is 144 cm³/mol. The highest BCUT2D eigenvalue weighted by Gasteiger charge is 2.40. The molecular formula is C27H32BN7O. The average molecular weight is 481 g/mol. The molecular weight excluding hydrogens is 449 g/mol. The fourth-order valence-electron chi connectivity index (χ4n) is 6.27. The number of nitrogens with two attached hydrogens (primary N) is 1. The quantitative estimate of drug-likeness (QED) is 0.556. The third-order valence-corrected chi connectivity index (χ3v) is 8.18.